The minimum atomic E-state index is 0.354. The van der Waals surface area contributed by atoms with Gasteiger partial charge in [0.1, 0.15) is 12.9 Å². The summed E-state index contributed by atoms with van der Waals surface area (Å²) in [5.74, 6) is 1.87. The largest absolute Gasteiger partial charge is 0.493 e. The van der Waals surface area contributed by atoms with Crippen LogP contribution in [0.4, 0.5) is 0 Å². The highest BCUT2D eigenvalue weighted by atomic mass is 17.2. The molecule has 0 spiro atoms. The standard InChI is InChI=1S/C22H23N3O7/c1-26-5-6-30-19-9-17-14(8-18(19)27-2)22(25-12-24-17)15-11-23-16-10-21(32-29-4)20(31-28-3)7-13(15)16/h7-12,23H,5-6H2,1-4H3. The molecule has 0 unspecified atom stereocenters. The second kappa shape index (κ2) is 9.69. The SMILES string of the molecule is COCCOc1cc2ncnc(-c3c[nH]c4cc(OOC)c(OOC)cc34)c2cc1OC. The normalized spacial score (nSPS) is 11.1. The van der Waals surface area contributed by atoms with Crippen LogP contribution in [-0.4, -0.2) is 56.6 Å². The van der Waals surface area contributed by atoms with E-state index in [-0.39, 0.29) is 0 Å². The summed E-state index contributed by atoms with van der Waals surface area (Å²) in [4.78, 5) is 32.2. The van der Waals surface area contributed by atoms with E-state index in [1.807, 2.05) is 18.3 Å². The molecule has 0 saturated heterocycles. The van der Waals surface area contributed by atoms with Crippen LogP contribution in [0, 0.1) is 0 Å². The molecule has 168 valence electrons. The van der Waals surface area contributed by atoms with E-state index in [9.17, 15) is 0 Å². The monoisotopic (exact) mass is 441 g/mol. The molecule has 0 aliphatic heterocycles. The van der Waals surface area contributed by atoms with Crippen molar-refractivity contribution < 1.29 is 33.8 Å². The molecular weight excluding hydrogens is 418 g/mol. The molecule has 2 aromatic heterocycles. The summed E-state index contributed by atoms with van der Waals surface area (Å²) in [7, 11) is 6.03. The molecule has 0 saturated carbocycles. The number of hydrogen-bond donors (Lipinski definition) is 1. The molecule has 0 aliphatic rings. The minimum absolute atomic E-state index is 0.354. The molecule has 0 radical (unpaired) electrons. The average molecular weight is 441 g/mol. The number of H-pyrrole nitrogens is 1. The molecule has 4 aromatic rings. The summed E-state index contributed by atoms with van der Waals surface area (Å²) < 4.78 is 16.4. The van der Waals surface area contributed by atoms with E-state index < -0.39 is 0 Å². The van der Waals surface area contributed by atoms with Crippen LogP contribution in [0.2, 0.25) is 0 Å². The first-order valence-electron chi connectivity index (χ1n) is 9.71. The van der Waals surface area contributed by atoms with Crippen molar-refractivity contribution in [3.63, 3.8) is 0 Å². The molecular formula is C22H23N3O7. The summed E-state index contributed by atoms with van der Waals surface area (Å²) in [6.07, 6.45) is 3.37. The number of nitrogens with zero attached hydrogens (tertiary/aromatic N) is 2. The van der Waals surface area contributed by atoms with Crippen molar-refractivity contribution in [3.8, 4) is 34.3 Å². The highest BCUT2D eigenvalue weighted by molar-refractivity contribution is 6.04. The van der Waals surface area contributed by atoms with Crippen molar-refractivity contribution in [2.45, 2.75) is 0 Å². The molecule has 32 heavy (non-hydrogen) atoms. The average Bonchev–Trinajstić information content (AvgIpc) is 3.21. The lowest BCUT2D eigenvalue weighted by Crippen LogP contribution is -2.05. The Labute approximate surface area is 183 Å². The Morgan fingerprint density at radius 2 is 1.53 bits per heavy atom. The van der Waals surface area contributed by atoms with Crippen molar-refractivity contribution in [3.05, 3.63) is 36.8 Å². The first-order valence-corrected chi connectivity index (χ1v) is 9.71. The molecule has 0 fully saturated rings. The minimum Gasteiger partial charge on any atom is -0.493 e. The Morgan fingerprint density at radius 3 is 2.25 bits per heavy atom. The fourth-order valence-electron chi connectivity index (χ4n) is 3.42. The van der Waals surface area contributed by atoms with Gasteiger partial charge in [-0.05, 0) is 12.1 Å². The van der Waals surface area contributed by atoms with Gasteiger partial charge in [0.2, 0.25) is 11.5 Å². The predicted octanol–water partition coefficient (Wildman–Crippen LogP) is 3.69. The van der Waals surface area contributed by atoms with Crippen LogP contribution in [0.15, 0.2) is 36.8 Å². The van der Waals surface area contributed by atoms with Crippen molar-refractivity contribution in [2.75, 3.05) is 41.7 Å². The number of benzene rings is 2. The second-order valence-electron chi connectivity index (χ2n) is 6.63. The van der Waals surface area contributed by atoms with Gasteiger partial charge >= 0.3 is 0 Å². The van der Waals surface area contributed by atoms with Crippen molar-refractivity contribution in [1.82, 2.24) is 15.0 Å². The Balaban J connectivity index is 1.84. The molecule has 1 N–H and O–H groups in total. The van der Waals surface area contributed by atoms with Crippen LogP contribution >= 0.6 is 0 Å². The lowest BCUT2D eigenvalue weighted by Gasteiger charge is -2.13. The van der Waals surface area contributed by atoms with Crippen LogP contribution < -0.4 is 19.2 Å². The van der Waals surface area contributed by atoms with Gasteiger partial charge in [-0.25, -0.2) is 9.97 Å². The van der Waals surface area contributed by atoms with Crippen LogP contribution in [0.3, 0.4) is 0 Å². The Hall–Kier alpha value is -3.60. The first kappa shape index (κ1) is 21.6. The Morgan fingerprint density at radius 1 is 0.781 bits per heavy atom. The number of aromatic amines is 1. The van der Waals surface area contributed by atoms with Crippen LogP contribution in [-0.2, 0) is 14.5 Å². The number of hydrogen-bond acceptors (Lipinski definition) is 9. The van der Waals surface area contributed by atoms with Gasteiger partial charge in [-0.1, -0.05) is 0 Å². The molecule has 10 heteroatoms. The van der Waals surface area contributed by atoms with Gasteiger partial charge in [0.15, 0.2) is 11.5 Å². The summed E-state index contributed by atoms with van der Waals surface area (Å²) in [5, 5.41) is 1.65. The van der Waals surface area contributed by atoms with E-state index in [4.69, 9.17) is 33.8 Å². The number of aromatic nitrogens is 3. The number of nitrogens with one attached hydrogen (secondary N) is 1. The third kappa shape index (κ3) is 4.11. The summed E-state index contributed by atoms with van der Waals surface area (Å²) in [6, 6.07) is 7.23. The smallest absolute Gasteiger partial charge is 0.213 e. The zero-order valence-electron chi connectivity index (χ0n) is 18.1. The molecule has 0 atom stereocenters. The predicted molar refractivity (Wildman–Crippen MR) is 116 cm³/mol. The van der Waals surface area contributed by atoms with E-state index in [0.717, 1.165) is 21.9 Å². The van der Waals surface area contributed by atoms with E-state index in [0.29, 0.717) is 47.4 Å². The summed E-state index contributed by atoms with van der Waals surface area (Å²) in [6.45, 7) is 0.860. The zero-order chi connectivity index (χ0) is 22.5. The van der Waals surface area contributed by atoms with Crippen LogP contribution in [0.25, 0.3) is 33.1 Å². The molecule has 10 nitrogen and oxygen atoms in total. The maximum atomic E-state index is 5.78. The Kier molecular flexibility index (Phi) is 6.55. The fraction of sp³-hybridized carbons (Fsp3) is 0.273. The molecule has 2 aromatic carbocycles. The first-order chi connectivity index (χ1) is 15.7. The van der Waals surface area contributed by atoms with Crippen molar-refractivity contribution >= 4 is 21.8 Å². The van der Waals surface area contributed by atoms with Crippen LogP contribution in [0.1, 0.15) is 0 Å². The van der Waals surface area contributed by atoms with Crippen molar-refractivity contribution in [1.29, 1.82) is 0 Å². The zero-order valence-corrected chi connectivity index (χ0v) is 18.1. The molecule has 0 amide bonds. The maximum absolute atomic E-state index is 5.78. The van der Waals surface area contributed by atoms with Gasteiger partial charge in [0.25, 0.3) is 0 Å². The van der Waals surface area contributed by atoms with Gasteiger partial charge in [0.05, 0.1) is 44.7 Å². The quantitative estimate of drug-likeness (QED) is 0.224. The van der Waals surface area contributed by atoms with E-state index in [1.165, 1.54) is 20.5 Å². The van der Waals surface area contributed by atoms with Crippen LogP contribution in [0.5, 0.6) is 23.0 Å². The number of ether oxygens (including phenoxy) is 3. The molecule has 0 bridgehead atoms. The van der Waals surface area contributed by atoms with Gasteiger partial charge in [-0.2, -0.15) is 9.78 Å². The molecule has 2 heterocycles. The fourth-order valence-corrected chi connectivity index (χ4v) is 3.42. The summed E-state index contributed by atoms with van der Waals surface area (Å²) >= 11 is 0. The highest BCUT2D eigenvalue weighted by Crippen LogP contribution is 2.40. The number of rotatable bonds is 10. The van der Waals surface area contributed by atoms with Gasteiger partial charge in [0, 0.05) is 41.8 Å². The molecule has 4 rings (SSSR count). The van der Waals surface area contributed by atoms with Crippen molar-refractivity contribution in [2.24, 2.45) is 0 Å². The summed E-state index contributed by atoms with van der Waals surface area (Å²) in [5.41, 5.74) is 3.07. The highest BCUT2D eigenvalue weighted by Gasteiger charge is 2.18. The van der Waals surface area contributed by atoms with Gasteiger partial charge < -0.3 is 29.0 Å². The Bertz CT molecular complexity index is 1230. The van der Waals surface area contributed by atoms with E-state index in [1.54, 1.807) is 26.4 Å². The molecule has 0 aliphatic carbocycles. The lowest BCUT2D eigenvalue weighted by atomic mass is 10.0. The van der Waals surface area contributed by atoms with Gasteiger partial charge in [-0.15, -0.1) is 0 Å². The lowest BCUT2D eigenvalue weighted by molar-refractivity contribution is -0.201. The van der Waals surface area contributed by atoms with E-state index in [2.05, 4.69) is 15.0 Å². The third-order valence-electron chi connectivity index (χ3n) is 4.81. The third-order valence-corrected chi connectivity index (χ3v) is 4.81. The second-order valence-corrected chi connectivity index (χ2v) is 6.63. The van der Waals surface area contributed by atoms with E-state index >= 15 is 0 Å². The topological polar surface area (TPSA) is 106 Å². The number of methoxy groups -OCH3 is 2. The number of fused-ring (bicyclic) bond motifs is 2. The maximum Gasteiger partial charge on any atom is 0.213 e. The van der Waals surface area contributed by atoms with Gasteiger partial charge in [-0.3, -0.25) is 0 Å².